The number of rotatable bonds is 2. The van der Waals surface area contributed by atoms with Crippen molar-refractivity contribution in [3.05, 3.63) is 12.3 Å². The van der Waals surface area contributed by atoms with E-state index in [0.29, 0.717) is 11.8 Å². The summed E-state index contributed by atoms with van der Waals surface area (Å²) in [5, 5.41) is 0. The maximum Gasteiger partial charge on any atom is 0.226 e. The molecule has 0 aliphatic heterocycles. The quantitative estimate of drug-likeness (QED) is 0.671. The first-order valence-corrected chi connectivity index (χ1v) is 3.53. The normalized spacial score (nSPS) is 9.64. The highest BCUT2D eigenvalue weighted by molar-refractivity contribution is 5.36. The van der Waals surface area contributed by atoms with Crippen molar-refractivity contribution in [3.63, 3.8) is 0 Å². The Balaban J connectivity index is 2.86. The van der Waals surface area contributed by atoms with E-state index in [9.17, 15) is 0 Å². The van der Waals surface area contributed by atoms with Crippen LogP contribution in [0, 0.1) is 0 Å². The van der Waals surface area contributed by atoms with E-state index in [1.165, 1.54) is 0 Å². The first-order chi connectivity index (χ1) is 5.24. The minimum atomic E-state index is 0.510. The SMILES string of the molecule is CCN(C)c1nccc(N)n1. The zero-order valence-electron chi connectivity index (χ0n) is 6.78. The second-order valence-corrected chi connectivity index (χ2v) is 2.30. The summed E-state index contributed by atoms with van der Waals surface area (Å²) in [6.07, 6.45) is 1.66. The van der Waals surface area contributed by atoms with Gasteiger partial charge in [-0.25, -0.2) is 4.98 Å². The molecule has 60 valence electrons. The molecule has 0 bridgehead atoms. The first-order valence-electron chi connectivity index (χ1n) is 3.53. The smallest absolute Gasteiger partial charge is 0.226 e. The van der Waals surface area contributed by atoms with E-state index >= 15 is 0 Å². The lowest BCUT2D eigenvalue weighted by molar-refractivity contribution is 0.903. The molecule has 0 radical (unpaired) electrons. The number of nitrogens with zero attached hydrogens (tertiary/aromatic N) is 3. The van der Waals surface area contributed by atoms with Crippen molar-refractivity contribution in [2.45, 2.75) is 6.92 Å². The van der Waals surface area contributed by atoms with Crippen molar-refractivity contribution < 1.29 is 0 Å². The maximum absolute atomic E-state index is 5.47. The third kappa shape index (κ3) is 1.80. The molecule has 0 amide bonds. The van der Waals surface area contributed by atoms with E-state index < -0.39 is 0 Å². The van der Waals surface area contributed by atoms with Gasteiger partial charge in [0, 0.05) is 19.8 Å². The van der Waals surface area contributed by atoms with Crippen LogP contribution in [0.4, 0.5) is 11.8 Å². The fourth-order valence-corrected chi connectivity index (χ4v) is 0.687. The Morgan fingerprint density at radius 3 is 2.91 bits per heavy atom. The van der Waals surface area contributed by atoms with Crippen molar-refractivity contribution in [1.29, 1.82) is 0 Å². The van der Waals surface area contributed by atoms with Crippen molar-refractivity contribution in [1.82, 2.24) is 9.97 Å². The van der Waals surface area contributed by atoms with Gasteiger partial charge in [0.25, 0.3) is 0 Å². The Bertz CT molecular complexity index is 236. The Morgan fingerprint density at radius 1 is 1.64 bits per heavy atom. The number of anilines is 2. The van der Waals surface area contributed by atoms with Crippen molar-refractivity contribution in [2.24, 2.45) is 0 Å². The molecule has 0 spiro atoms. The zero-order chi connectivity index (χ0) is 8.27. The molecule has 0 saturated carbocycles. The van der Waals surface area contributed by atoms with E-state index in [1.54, 1.807) is 12.3 Å². The molecule has 0 saturated heterocycles. The molecule has 4 nitrogen and oxygen atoms in total. The molecule has 0 aromatic carbocycles. The molecule has 0 aliphatic carbocycles. The lowest BCUT2D eigenvalue weighted by Gasteiger charge is -2.13. The van der Waals surface area contributed by atoms with Gasteiger partial charge in [-0.15, -0.1) is 0 Å². The van der Waals surface area contributed by atoms with Crippen LogP contribution in [0.2, 0.25) is 0 Å². The molecular formula is C7H12N4. The lowest BCUT2D eigenvalue weighted by Crippen LogP contribution is -2.18. The van der Waals surface area contributed by atoms with Crippen LogP contribution in [0.1, 0.15) is 6.92 Å². The average molecular weight is 152 g/mol. The summed E-state index contributed by atoms with van der Waals surface area (Å²) in [5.74, 6) is 1.18. The average Bonchev–Trinajstić information content (AvgIpc) is 2.03. The second kappa shape index (κ2) is 3.18. The predicted molar refractivity (Wildman–Crippen MR) is 45.4 cm³/mol. The van der Waals surface area contributed by atoms with Gasteiger partial charge >= 0.3 is 0 Å². The molecule has 0 atom stereocenters. The van der Waals surface area contributed by atoms with E-state index in [-0.39, 0.29) is 0 Å². The van der Waals surface area contributed by atoms with Crippen molar-refractivity contribution in [2.75, 3.05) is 24.2 Å². The van der Waals surface area contributed by atoms with E-state index in [4.69, 9.17) is 5.73 Å². The van der Waals surface area contributed by atoms with E-state index in [1.807, 2.05) is 18.9 Å². The molecule has 0 aliphatic rings. The number of hydrogen-bond donors (Lipinski definition) is 1. The Hall–Kier alpha value is -1.32. The molecular weight excluding hydrogens is 140 g/mol. The third-order valence-corrected chi connectivity index (χ3v) is 1.48. The minimum Gasteiger partial charge on any atom is -0.384 e. The highest BCUT2D eigenvalue weighted by Crippen LogP contribution is 2.04. The van der Waals surface area contributed by atoms with Crippen LogP contribution in [-0.2, 0) is 0 Å². The highest BCUT2D eigenvalue weighted by atomic mass is 15.2. The molecule has 0 fully saturated rings. The van der Waals surface area contributed by atoms with Gasteiger partial charge in [0.1, 0.15) is 5.82 Å². The zero-order valence-corrected chi connectivity index (χ0v) is 6.78. The van der Waals surface area contributed by atoms with Crippen LogP contribution >= 0.6 is 0 Å². The largest absolute Gasteiger partial charge is 0.384 e. The third-order valence-electron chi connectivity index (χ3n) is 1.48. The Labute approximate surface area is 66.1 Å². The predicted octanol–water partition coefficient (Wildman–Crippen LogP) is 0.515. The molecule has 1 heterocycles. The Morgan fingerprint density at radius 2 is 2.36 bits per heavy atom. The molecule has 4 heteroatoms. The molecule has 0 unspecified atom stereocenters. The van der Waals surface area contributed by atoms with Crippen molar-refractivity contribution in [3.8, 4) is 0 Å². The number of aromatic nitrogens is 2. The topological polar surface area (TPSA) is 55.0 Å². The summed E-state index contributed by atoms with van der Waals surface area (Å²) in [5.41, 5.74) is 5.47. The van der Waals surface area contributed by atoms with Crippen LogP contribution in [-0.4, -0.2) is 23.6 Å². The second-order valence-electron chi connectivity index (χ2n) is 2.30. The van der Waals surface area contributed by atoms with Gasteiger partial charge in [0.2, 0.25) is 5.95 Å². The van der Waals surface area contributed by atoms with Crippen LogP contribution in [0.15, 0.2) is 12.3 Å². The first kappa shape index (κ1) is 7.78. The minimum absolute atomic E-state index is 0.510. The van der Waals surface area contributed by atoms with Crippen molar-refractivity contribution >= 4 is 11.8 Å². The lowest BCUT2D eigenvalue weighted by atomic mass is 10.6. The van der Waals surface area contributed by atoms with Gasteiger partial charge < -0.3 is 10.6 Å². The molecule has 11 heavy (non-hydrogen) atoms. The fourth-order valence-electron chi connectivity index (χ4n) is 0.687. The summed E-state index contributed by atoms with van der Waals surface area (Å²) >= 11 is 0. The van der Waals surface area contributed by atoms with Crippen LogP contribution in [0.3, 0.4) is 0 Å². The van der Waals surface area contributed by atoms with Gasteiger partial charge in [0.15, 0.2) is 0 Å². The van der Waals surface area contributed by atoms with Gasteiger partial charge in [-0.1, -0.05) is 0 Å². The van der Waals surface area contributed by atoms with Crippen LogP contribution in [0.5, 0.6) is 0 Å². The van der Waals surface area contributed by atoms with Crippen LogP contribution < -0.4 is 10.6 Å². The number of nitrogens with two attached hydrogens (primary N) is 1. The summed E-state index contributed by atoms with van der Waals surface area (Å²) in [6, 6.07) is 1.67. The monoisotopic (exact) mass is 152 g/mol. The summed E-state index contributed by atoms with van der Waals surface area (Å²) in [7, 11) is 1.93. The van der Waals surface area contributed by atoms with E-state index in [2.05, 4.69) is 9.97 Å². The standard InChI is InChI=1S/C7H12N4/c1-3-11(2)7-9-5-4-6(8)10-7/h4-5H,3H2,1-2H3,(H2,8,9,10). The highest BCUT2D eigenvalue weighted by Gasteiger charge is 1.99. The summed E-state index contributed by atoms with van der Waals surface area (Å²) in [4.78, 5) is 10.0. The molecule has 2 N–H and O–H groups in total. The van der Waals surface area contributed by atoms with Gasteiger partial charge in [-0.2, -0.15) is 4.98 Å². The summed E-state index contributed by atoms with van der Waals surface area (Å²) in [6.45, 7) is 2.91. The Kier molecular flexibility index (Phi) is 2.25. The summed E-state index contributed by atoms with van der Waals surface area (Å²) < 4.78 is 0. The molecule has 1 aromatic rings. The van der Waals surface area contributed by atoms with Gasteiger partial charge in [-0.3, -0.25) is 0 Å². The van der Waals surface area contributed by atoms with Gasteiger partial charge in [-0.05, 0) is 13.0 Å². The molecule has 1 rings (SSSR count). The number of nitrogen functional groups attached to an aromatic ring is 1. The van der Waals surface area contributed by atoms with Crippen LogP contribution in [0.25, 0.3) is 0 Å². The van der Waals surface area contributed by atoms with E-state index in [0.717, 1.165) is 6.54 Å². The maximum atomic E-state index is 5.47. The number of hydrogen-bond acceptors (Lipinski definition) is 4. The fraction of sp³-hybridized carbons (Fsp3) is 0.429. The molecule has 1 aromatic heterocycles. The van der Waals surface area contributed by atoms with Gasteiger partial charge in [0.05, 0.1) is 0 Å².